The van der Waals surface area contributed by atoms with Crippen LogP contribution in [0.15, 0.2) is 60.7 Å². The molecule has 0 bridgehead atoms. The van der Waals surface area contributed by atoms with Gasteiger partial charge in [0.1, 0.15) is 6.04 Å². The first-order chi connectivity index (χ1) is 20.5. The summed E-state index contributed by atoms with van der Waals surface area (Å²) in [5, 5.41) is 21.8. The van der Waals surface area contributed by atoms with E-state index in [1.165, 1.54) is 5.56 Å². The number of carbonyl (C=O) groups excluding carboxylic acids is 1. The monoisotopic (exact) mass is 579 g/mol. The molecule has 5 N–H and O–H groups in total. The third kappa shape index (κ3) is 11.7. The van der Waals surface area contributed by atoms with Gasteiger partial charge in [-0.2, -0.15) is 15.0 Å². The molecule has 226 valence electrons. The van der Waals surface area contributed by atoms with Crippen molar-refractivity contribution in [1.29, 1.82) is 0 Å². The standard InChI is InChI=1S/C30H41N7O5/c1-3-22(2)25(27(39)40)34-30-36-28(32-15-14-23-10-6-4-7-11-23)35-29(37-30)33-17-19-42-21-20-41-18-16-31-26(38)24-12-8-5-9-13-24/h4-13,22,25H,3,14-21H2,1-2H3,(H,31,38)(H,39,40)(H3,32,33,34,35,36,37)/t22-,25-/m0/s1. The second-order valence-corrected chi connectivity index (χ2v) is 9.59. The first kappa shape index (κ1) is 32.2. The maximum absolute atomic E-state index is 12.0. The molecule has 0 saturated heterocycles. The minimum atomic E-state index is -0.966. The number of ether oxygens (including phenoxy) is 2. The Balaban J connectivity index is 1.42. The Hall–Kier alpha value is -4.29. The molecule has 1 heterocycles. The van der Waals surface area contributed by atoms with E-state index in [9.17, 15) is 14.7 Å². The van der Waals surface area contributed by atoms with Gasteiger partial charge in [-0.1, -0.05) is 68.8 Å². The zero-order valence-corrected chi connectivity index (χ0v) is 24.2. The number of carboxylic acid groups (broad SMARTS) is 1. The van der Waals surface area contributed by atoms with Gasteiger partial charge in [0.05, 0.1) is 26.4 Å². The number of carboxylic acids is 1. The SMILES string of the molecule is CC[C@H](C)[C@H](Nc1nc(NCCOCCOCCNC(=O)c2ccccc2)nc(NCCc2ccccc2)n1)C(=O)O. The highest BCUT2D eigenvalue weighted by Crippen LogP contribution is 2.16. The smallest absolute Gasteiger partial charge is 0.326 e. The van der Waals surface area contributed by atoms with Crippen molar-refractivity contribution in [1.82, 2.24) is 20.3 Å². The van der Waals surface area contributed by atoms with Crippen LogP contribution >= 0.6 is 0 Å². The Bertz CT molecular complexity index is 1220. The molecule has 42 heavy (non-hydrogen) atoms. The van der Waals surface area contributed by atoms with Gasteiger partial charge in [0.25, 0.3) is 5.91 Å². The largest absolute Gasteiger partial charge is 0.480 e. The van der Waals surface area contributed by atoms with Gasteiger partial charge in [0, 0.05) is 25.2 Å². The van der Waals surface area contributed by atoms with Crippen molar-refractivity contribution in [2.24, 2.45) is 5.92 Å². The maximum Gasteiger partial charge on any atom is 0.326 e. The Kier molecular flexibility index (Phi) is 14.0. The lowest BCUT2D eigenvalue weighted by Crippen LogP contribution is -2.36. The number of hydrogen-bond donors (Lipinski definition) is 5. The number of nitrogens with zero attached hydrogens (tertiary/aromatic N) is 3. The summed E-state index contributed by atoms with van der Waals surface area (Å²) in [5.74, 6) is -0.403. The predicted molar refractivity (Wildman–Crippen MR) is 162 cm³/mol. The number of hydrogen-bond acceptors (Lipinski definition) is 10. The van der Waals surface area contributed by atoms with Crippen molar-refractivity contribution in [3.63, 3.8) is 0 Å². The number of amides is 1. The number of carbonyl (C=O) groups is 2. The zero-order valence-electron chi connectivity index (χ0n) is 24.2. The summed E-state index contributed by atoms with van der Waals surface area (Å²) in [5.41, 5.74) is 1.79. The molecule has 0 unspecified atom stereocenters. The summed E-state index contributed by atoms with van der Waals surface area (Å²) in [6.45, 7) is 6.78. The van der Waals surface area contributed by atoms with E-state index in [-0.39, 0.29) is 17.8 Å². The van der Waals surface area contributed by atoms with Crippen LogP contribution in [0.1, 0.15) is 36.2 Å². The van der Waals surface area contributed by atoms with E-state index in [1.54, 1.807) is 12.1 Å². The van der Waals surface area contributed by atoms with Crippen molar-refractivity contribution in [3.8, 4) is 0 Å². The van der Waals surface area contributed by atoms with Crippen LogP contribution in [0.25, 0.3) is 0 Å². The highest BCUT2D eigenvalue weighted by Gasteiger charge is 2.24. The van der Waals surface area contributed by atoms with E-state index in [1.807, 2.05) is 62.4 Å². The molecule has 1 aromatic heterocycles. The minimum Gasteiger partial charge on any atom is -0.480 e. The molecule has 0 aliphatic carbocycles. The summed E-state index contributed by atoms with van der Waals surface area (Å²) in [6.07, 6.45) is 1.46. The van der Waals surface area contributed by atoms with Crippen LogP contribution in [0.3, 0.4) is 0 Å². The molecule has 3 aromatic rings. The van der Waals surface area contributed by atoms with Gasteiger partial charge in [0.2, 0.25) is 17.8 Å². The van der Waals surface area contributed by atoms with Crippen molar-refractivity contribution in [2.45, 2.75) is 32.7 Å². The summed E-state index contributed by atoms with van der Waals surface area (Å²) in [7, 11) is 0. The Morgan fingerprint density at radius 1 is 0.786 bits per heavy atom. The third-order valence-corrected chi connectivity index (χ3v) is 6.41. The summed E-state index contributed by atoms with van der Waals surface area (Å²) < 4.78 is 11.1. The fourth-order valence-electron chi connectivity index (χ4n) is 3.87. The number of aliphatic carboxylic acids is 1. The molecule has 3 rings (SSSR count). The van der Waals surface area contributed by atoms with Crippen LogP contribution < -0.4 is 21.3 Å². The second-order valence-electron chi connectivity index (χ2n) is 9.59. The quantitative estimate of drug-likeness (QED) is 0.125. The van der Waals surface area contributed by atoms with Crippen LogP contribution in [0, 0.1) is 5.92 Å². The van der Waals surface area contributed by atoms with Crippen LogP contribution in [-0.4, -0.2) is 84.0 Å². The van der Waals surface area contributed by atoms with Crippen LogP contribution in [0.5, 0.6) is 0 Å². The molecule has 0 radical (unpaired) electrons. The number of benzene rings is 2. The molecule has 0 saturated carbocycles. The van der Waals surface area contributed by atoms with E-state index in [2.05, 4.69) is 36.2 Å². The average molecular weight is 580 g/mol. The lowest BCUT2D eigenvalue weighted by Gasteiger charge is -2.20. The number of rotatable bonds is 20. The Labute approximate surface area is 246 Å². The van der Waals surface area contributed by atoms with Gasteiger partial charge >= 0.3 is 5.97 Å². The molecular weight excluding hydrogens is 538 g/mol. The molecular formula is C30H41N7O5. The Morgan fingerprint density at radius 3 is 1.98 bits per heavy atom. The van der Waals surface area contributed by atoms with Crippen LogP contribution in [-0.2, 0) is 20.7 Å². The summed E-state index contributed by atoms with van der Waals surface area (Å²) in [4.78, 5) is 37.1. The third-order valence-electron chi connectivity index (χ3n) is 6.41. The van der Waals surface area contributed by atoms with Crippen molar-refractivity contribution < 1.29 is 24.2 Å². The second kappa shape index (κ2) is 18.2. The van der Waals surface area contributed by atoms with Gasteiger partial charge in [-0.25, -0.2) is 4.79 Å². The van der Waals surface area contributed by atoms with Crippen molar-refractivity contribution >= 4 is 29.7 Å². The molecule has 0 aliphatic heterocycles. The lowest BCUT2D eigenvalue weighted by atomic mass is 10.00. The molecule has 1 amide bonds. The molecule has 0 fully saturated rings. The van der Waals surface area contributed by atoms with Gasteiger partial charge in [-0.05, 0) is 30.0 Å². The van der Waals surface area contributed by atoms with Gasteiger partial charge in [-0.3, -0.25) is 4.79 Å². The first-order valence-electron chi connectivity index (χ1n) is 14.2. The maximum atomic E-state index is 12.0. The fraction of sp³-hybridized carbons (Fsp3) is 0.433. The normalized spacial score (nSPS) is 12.2. The minimum absolute atomic E-state index is 0.124. The van der Waals surface area contributed by atoms with Crippen molar-refractivity contribution in [3.05, 3.63) is 71.8 Å². The first-order valence-corrected chi connectivity index (χ1v) is 14.2. The molecule has 0 spiro atoms. The molecule has 0 aliphatic rings. The van der Waals surface area contributed by atoms with Gasteiger partial charge in [-0.15, -0.1) is 0 Å². The summed E-state index contributed by atoms with van der Waals surface area (Å²) in [6, 6.07) is 18.2. The summed E-state index contributed by atoms with van der Waals surface area (Å²) >= 11 is 0. The van der Waals surface area contributed by atoms with E-state index >= 15 is 0 Å². The molecule has 2 atom stereocenters. The van der Waals surface area contributed by atoms with E-state index in [0.717, 1.165) is 6.42 Å². The highest BCUT2D eigenvalue weighted by molar-refractivity contribution is 5.94. The number of nitrogens with one attached hydrogen (secondary N) is 4. The molecule has 12 nitrogen and oxygen atoms in total. The molecule has 12 heteroatoms. The number of aromatic nitrogens is 3. The fourth-order valence-corrected chi connectivity index (χ4v) is 3.87. The average Bonchev–Trinajstić information content (AvgIpc) is 3.01. The topological polar surface area (TPSA) is 160 Å². The van der Waals surface area contributed by atoms with Gasteiger partial charge < -0.3 is 35.8 Å². The van der Waals surface area contributed by atoms with Gasteiger partial charge in [0.15, 0.2) is 0 Å². The van der Waals surface area contributed by atoms with E-state index in [4.69, 9.17) is 9.47 Å². The molecule has 2 aromatic carbocycles. The van der Waals surface area contributed by atoms with Crippen molar-refractivity contribution in [2.75, 3.05) is 62.0 Å². The van der Waals surface area contributed by atoms with E-state index < -0.39 is 12.0 Å². The van der Waals surface area contributed by atoms with E-state index in [0.29, 0.717) is 69.9 Å². The van der Waals surface area contributed by atoms with Crippen LogP contribution in [0.4, 0.5) is 17.8 Å². The Morgan fingerprint density at radius 2 is 1.36 bits per heavy atom. The highest BCUT2D eigenvalue weighted by atomic mass is 16.5. The predicted octanol–water partition coefficient (Wildman–Crippen LogP) is 3.31. The zero-order chi connectivity index (χ0) is 30.0. The van der Waals surface area contributed by atoms with Crippen LogP contribution in [0.2, 0.25) is 0 Å². The lowest BCUT2D eigenvalue weighted by molar-refractivity contribution is -0.139. The number of anilines is 3.